The van der Waals surface area contributed by atoms with E-state index in [2.05, 4.69) is 10.3 Å². The van der Waals surface area contributed by atoms with Crippen LogP contribution in [0.3, 0.4) is 0 Å². The van der Waals surface area contributed by atoms with Gasteiger partial charge >= 0.3 is 0 Å². The van der Waals surface area contributed by atoms with Crippen molar-refractivity contribution < 1.29 is 4.79 Å². The smallest absolute Gasteiger partial charge is 0.226 e. The molecule has 1 atom stereocenters. The van der Waals surface area contributed by atoms with Crippen LogP contribution in [0.25, 0.3) is 0 Å². The number of nitrogens with one attached hydrogen (secondary N) is 1. The zero-order valence-electron chi connectivity index (χ0n) is 10.1. The Hall–Kier alpha value is -1.42. The van der Waals surface area contributed by atoms with Crippen molar-refractivity contribution >= 4 is 5.91 Å². The number of hydrogen-bond donors (Lipinski definition) is 1. The van der Waals surface area contributed by atoms with Gasteiger partial charge in [0.05, 0.1) is 12.2 Å². The highest BCUT2D eigenvalue weighted by Crippen LogP contribution is 2.04. The molecule has 1 aromatic rings. The number of carbonyl (C=O) groups is 1. The van der Waals surface area contributed by atoms with Crippen LogP contribution in [0.15, 0.2) is 24.4 Å². The molecule has 4 nitrogen and oxygen atoms in total. The molecule has 0 aliphatic heterocycles. The third-order valence-electron chi connectivity index (χ3n) is 2.43. The minimum atomic E-state index is -0.00119. The number of amides is 1. The van der Waals surface area contributed by atoms with Crippen LogP contribution in [-0.4, -0.2) is 36.4 Å². The van der Waals surface area contributed by atoms with Crippen molar-refractivity contribution in [1.29, 1.82) is 0 Å². The van der Waals surface area contributed by atoms with E-state index in [1.54, 1.807) is 11.1 Å². The van der Waals surface area contributed by atoms with Crippen LogP contribution in [0.4, 0.5) is 0 Å². The first-order valence-corrected chi connectivity index (χ1v) is 5.44. The topological polar surface area (TPSA) is 45.2 Å². The van der Waals surface area contributed by atoms with E-state index in [0.717, 1.165) is 5.69 Å². The van der Waals surface area contributed by atoms with Gasteiger partial charge in [0.15, 0.2) is 0 Å². The first-order valence-electron chi connectivity index (χ1n) is 5.44. The molecule has 0 bridgehead atoms. The molecule has 16 heavy (non-hydrogen) atoms. The van der Waals surface area contributed by atoms with Crippen LogP contribution in [0.1, 0.15) is 12.6 Å². The third-order valence-corrected chi connectivity index (χ3v) is 2.43. The first kappa shape index (κ1) is 12.6. The second-order valence-corrected chi connectivity index (χ2v) is 3.97. The Morgan fingerprint density at radius 2 is 2.31 bits per heavy atom. The quantitative estimate of drug-likeness (QED) is 0.803. The molecule has 0 aromatic carbocycles. The van der Waals surface area contributed by atoms with E-state index in [0.29, 0.717) is 13.1 Å². The Labute approximate surface area is 96.7 Å². The molecular weight excluding hydrogens is 202 g/mol. The van der Waals surface area contributed by atoms with Gasteiger partial charge in [-0.3, -0.25) is 9.78 Å². The fourth-order valence-electron chi connectivity index (χ4n) is 1.58. The van der Waals surface area contributed by atoms with E-state index in [-0.39, 0.29) is 11.8 Å². The third kappa shape index (κ3) is 3.62. The average molecular weight is 221 g/mol. The van der Waals surface area contributed by atoms with Crippen molar-refractivity contribution in [3.05, 3.63) is 30.1 Å². The van der Waals surface area contributed by atoms with Crippen molar-refractivity contribution in [3.63, 3.8) is 0 Å². The summed E-state index contributed by atoms with van der Waals surface area (Å²) >= 11 is 0. The SMILES string of the molecule is CNCC(C)C(=O)N(C)Cc1ccccn1. The standard InChI is InChI=1S/C12H19N3O/c1-10(8-13-2)12(16)15(3)9-11-6-4-5-7-14-11/h4-7,10,13H,8-9H2,1-3H3. The fourth-order valence-corrected chi connectivity index (χ4v) is 1.58. The van der Waals surface area contributed by atoms with Crippen LogP contribution in [0.5, 0.6) is 0 Å². The summed E-state index contributed by atoms with van der Waals surface area (Å²) in [6.07, 6.45) is 1.74. The van der Waals surface area contributed by atoms with Crippen LogP contribution < -0.4 is 5.32 Å². The van der Waals surface area contributed by atoms with Gasteiger partial charge in [-0.05, 0) is 19.2 Å². The summed E-state index contributed by atoms with van der Waals surface area (Å²) in [7, 11) is 3.66. The molecule has 1 heterocycles. The lowest BCUT2D eigenvalue weighted by Crippen LogP contribution is -2.35. The molecule has 4 heteroatoms. The van der Waals surface area contributed by atoms with Gasteiger partial charge < -0.3 is 10.2 Å². The summed E-state index contributed by atoms with van der Waals surface area (Å²) in [5.41, 5.74) is 0.912. The van der Waals surface area contributed by atoms with E-state index in [9.17, 15) is 4.79 Å². The van der Waals surface area contributed by atoms with Crippen molar-refractivity contribution in [2.45, 2.75) is 13.5 Å². The number of nitrogens with zero attached hydrogens (tertiary/aromatic N) is 2. The van der Waals surface area contributed by atoms with Crippen LogP contribution in [-0.2, 0) is 11.3 Å². The predicted molar refractivity (Wildman–Crippen MR) is 63.8 cm³/mol. The Kier molecular flexibility index (Phi) is 4.92. The lowest BCUT2D eigenvalue weighted by atomic mass is 10.1. The number of rotatable bonds is 5. The molecule has 0 fully saturated rings. The first-order chi connectivity index (χ1) is 7.65. The zero-order chi connectivity index (χ0) is 12.0. The van der Waals surface area contributed by atoms with E-state index in [1.807, 2.05) is 39.2 Å². The lowest BCUT2D eigenvalue weighted by molar-refractivity contribution is -0.134. The second kappa shape index (κ2) is 6.23. The molecule has 0 aliphatic carbocycles. The molecule has 1 amide bonds. The van der Waals surface area contributed by atoms with Crippen molar-refractivity contribution in [2.75, 3.05) is 20.6 Å². The Balaban J connectivity index is 2.52. The highest BCUT2D eigenvalue weighted by atomic mass is 16.2. The molecule has 0 spiro atoms. The maximum atomic E-state index is 11.9. The van der Waals surface area contributed by atoms with Gasteiger partial charge in [0.1, 0.15) is 0 Å². The van der Waals surface area contributed by atoms with Gasteiger partial charge in [0.25, 0.3) is 0 Å². The number of hydrogen-bond acceptors (Lipinski definition) is 3. The van der Waals surface area contributed by atoms with Crippen LogP contribution in [0, 0.1) is 5.92 Å². The van der Waals surface area contributed by atoms with E-state index in [4.69, 9.17) is 0 Å². The van der Waals surface area contributed by atoms with Gasteiger partial charge in [0, 0.05) is 25.7 Å². The minimum Gasteiger partial charge on any atom is -0.340 e. The number of carbonyl (C=O) groups excluding carboxylic acids is 1. The Morgan fingerprint density at radius 1 is 1.56 bits per heavy atom. The largest absolute Gasteiger partial charge is 0.340 e. The lowest BCUT2D eigenvalue weighted by Gasteiger charge is -2.20. The fraction of sp³-hybridized carbons (Fsp3) is 0.500. The molecule has 1 unspecified atom stereocenters. The maximum absolute atomic E-state index is 11.9. The molecule has 0 radical (unpaired) electrons. The molecule has 1 aromatic heterocycles. The van der Waals surface area contributed by atoms with Crippen LogP contribution in [0.2, 0.25) is 0 Å². The summed E-state index contributed by atoms with van der Waals surface area (Å²) in [4.78, 5) is 17.8. The van der Waals surface area contributed by atoms with E-state index >= 15 is 0 Å². The predicted octanol–water partition coefficient (Wildman–Crippen LogP) is 0.895. The minimum absolute atomic E-state index is 0.00119. The van der Waals surface area contributed by atoms with Crippen molar-refractivity contribution in [2.24, 2.45) is 5.92 Å². The second-order valence-electron chi connectivity index (χ2n) is 3.97. The molecule has 88 valence electrons. The summed E-state index contributed by atoms with van der Waals surface area (Å²) in [5, 5.41) is 3.00. The molecule has 0 saturated heterocycles. The highest BCUT2D eigenvalue weighted by molar-refractivity contribution is 5.78. The summed E-state index contributed by atoms with van der Waals surface area (Å²) in [5.74, 6) is 0.138. The van der Waals surface area contributed by atoms with Gasteiger partial charge in [-0.25, -0.2) is 0 Å². The van der Waals surface area contributed by atoms with E-state index < -0.39 is 0 Å². The van der Waals surface area contributed by atoms with Crippen LogP contribution >= 0.6 is 0 Å². The van der Waals surface area contributed by atoms with Crippen molar-refractivity contribution in [1.82, 2.24) is 15.2 Å². The highest BCUT2D eigenvalue weighted by Gasteiger charge is 2.16. The Bertz CT molecular complexity index is 326. The molecule has 0 saturated carbocycles. The Morgan fingerprint density at radius 3 is 2.88 bits per heavy atom. The summed E-state index contributed by atoms with van der Waals surface area (Å²) in [6, 6.07) is 5.72. The zero-order valence-corrected chi connectivity index (χ0v) is 10.1. The molecular formula is C12H19N3O. The molecule has 1 rings (SSSR count). The van der Waals surface area contributed by atoms with Gasteiger partial charge in [0.2, 0.25) is 5.91 Å². The maximum Gasteiger partial charge on any atom is 0.226 e. The normalized spacial score (nSPS) is 12.2. The van der Waals surface area contributed by atoms with E-state index in [1.165, 1.54) is 0 Å². The molecule has 1 N–H and O–H groups in total. The monoisotopic (exact) mass is 221 g/mol. The van der Waals surface area contributed by atoms with Gasteiger partial charge in [-0.15, -0.1) is 0 Å². The van der Waals surface area contributed by atoms with Gasteiger partial charge in [-0.1, -0.05) is 13.0 Å². The summed E-state index contributed by atoms with van der Waals surface area (Å²) in [6.45, 7) is 3.19. The van der Waals surface area contributed by atoms with Gasteiger partial charge in [-0.2, -0.15) is 0 Å². The average Bonchev–Trinajstić information content (AvgIpc) is 2.29. The number of pyridine rings is 1. The van der Waals surface area contributed by atoms with Crippen molar-refractivity contribution in [3.8, 4) is 0 Å². The number of aromatic nitrogens is 1. The molecule has 0 aliphatic rings. The summed E-state index contributed by atoms with van der Waals surface area (Å²) < 4.78 is 0.